The fourth-order valence-electron chi connectivity index (χ4n) is 2.81. The number of carbonyl (C=O) groups excluding carboxylic acids is 1. The largest absolute Gasteiger partial charge is 0.399 e. The summed E-state index contributed by atoms with van der Waals surface area (Å²) in [5, 5.41) is 0. The topological polar surface area (TPSA) is 46.3 Å². The van der Waals surface area contributed by atoms with Gasteiger partial charge in [0, 0.05) is 24.0 Å². The predicted octanol–water partition coefficient (Wildman–Crippen LogP) is 4.66. The number of carbonyl (C=O) groups is 1. The van der Waals surface area contributed by atoms with Gasteiger partial charge in [-0.3, -0.25) is 4.79 Å². The quantitative estimate of drug-likeness (QED) is 0.708. The summed E-state index contributed by atoms with van der Waals surface area (Å²) in [6.07, 6.45) is 0. The minimum Gasteiger partial charge on any atom is -0.399 e. The molecule has 0 bridgehead atoms. The van der Waals surface area contributed by atoms with Gasteiger partial charge in [-0.25, -0.2) is 4.39 Å². The molecule has 0 saturated carbocycles. The third kappa shape index (κ3) is 3.53. The molecule has 3 aromatic carbocycles. The van der Waals surface area contributed by atoms with Gasteiger partial charge in [-0.1, -0.05) is 24.3 Å². The van der Waals surface area contributed by atoms with Crippen molar-refractivity contribution < 1.29 is 9.18 Å². The van der Waals surface area contributed by atoms with Crippen LogP contribution in [0.3, 0.4) is 0 Å². The van der Waals surface area contributed by atoms with E-state index in [-0.39, 0.29) is 11.7 Å². The average Bonchev–Trinajstić information content (AvgIpc) is 2.61. The van der Waals surface area contributed by atoms with E-state index in [1.54, 1.807) is 42.3 Å². The van der Waals surface area contributed by atoms with Gasteiger partial charge in [0.25, 0.3) is 5.91 Å². The second kappa shape index (κ2) is 6.77. The molecule has 0 heterocycles. The number of benzene rings is 3. The molecule has 2 N–H and O–H groups in total. The predicted molar refractivity (Wildman–Crippen MR) is 100 cm³/mol. The lowest BCUT2D eigenvalue weighted by Gasteiger charge is -2.20. The number of aryl methyl sites for hydroxylation is 1. The van der Waals surface area contributed by atoms with E-state index < -0.39 is 0 Å². The fourth-order valence-corrected chi connectivity index (χ4v) is 2.81. The van der Waals surface area contributed by atoms with E-state index in [1.807, 2.05) is 31.2 Å². The van der Waals surface area contributed by atoms with Crippen LogP contribution in [0.15, 0.2) is 66.7 Å². The molecule has 0 spiro atoms. The summed E-state index contributed by atoms with van der Waals surface area (Å²) in [4.78, 5) is 14.3. The van der Waals surface area contributed by atoms with Crippen LogP contribution in [0.2, 0.25) is 0 Å². The number of nitrogen functional groups attached to an aromatic ring is 1. The van der Waals surface area contributed by atoms with Gasteiger partial charge in [0.15, 0.2) is 0 Å². The zero-order valence-corrected chi connectivity index (χ0v) is 14.2. The van der Waals surface area contributed by atoms with E-state index in [9.17, 15) is 9.18 Å². The van der Waals surface area contributed by atoms with Crippen LogP contribution in [-0.4, -0.2) is 13.0 Å². The summed E-state index contributed by atoms with van der Waals surface area (Å²) < 4.78 is 13.0. The van der Waals surface area contributed by atoms with Gasteiger partial charge in [0.2, 0.25) is 0 Å². The van der Waals surface area contributed by atoms with Gasteiger partial charge in [-0.2, -0.15) is 0 Å². The third-order valence-electron chi connectivity index (χ3n) is 4.20. The van der Waals surface area contributed by atoms with E-state index in [4.69, 9.17) is 5.73 Å². The Bertz CT molecular complexity index is 902. The molecule has 0 aromatic heterocycles. The summed E-state index contributed by atoms with van der Waals surface area (Å²) in [5.74, 6) is -0.366. The maximum absolute atomic E-state index is 13.0. The van der Waals surface area contributed by atoms with Crippen LogP contribution >= 0.6 is 0 Å². The molecule has 0 saturated heterocycles. The molecule has 25 heavy (non-hydrogen) atoms. The molecule has 126 valence electrons. The van der Waals surface area contributed by atoms with Crippen molar-refractivity contribution in [2.45, 2.75) is 6.92 Å². The minimum absolute atomic E-state index is 0.0986. The summed E-state index contributed by atoms with van der Waals surface area (Å²) in [7, 11) is 1.74. The molecule has 3 nitrogen and oxygen atoms in total. The highest BCUT2D eigenvalue weighted by molar-refractivity contribution is 6.06. The Morgan fingerprint density at radius 1 is 0.920 bits per heavy atom. The molecule has 1 amide bonds. The van der Waals surface area contributed by atoms with Crippen LogP contribution in [0.1, 0.15) is 15.9 Å². The Kier molecular flexibility index (Phi) is 4.52. The number of anilines is 2. The van der Waals surface area contributed by atoms with Crippen molar-refractivity contribution in [2.24, 2.45) is 0 Å². The molecule has 3 rings (SSSR count). The molecule has 0 aliphatic heterocycles. The Labute approximate surface area is 146 Å². The number of hydrogen-bond acceptors (Lipinski definition) is 2. The maximum Gasteiger partial charge on any atom is 0.258 e. The molecule has 0 fully saturated rings. The highest BCUT2D eigenvalue weighted by Crippen LogP contribution is 2.24. The fraction of sp³-hybridized carbons (Fsp3) is 0.0952. The molecule has 0 unspecified atom stereocenters. The third-order valence-corrected chi connectivity index (χ3v) is 4.20. The van der Waals surface area contributed by atoms with Gasteiger partial charge < -0.3 is 10.6 Å². The maximum atomic E-state index is 13.0. The van der Waals surface area contributed by atoms with E-state index >= 15 is 0 Å². The molecular weight excluding hydrogens is 315 g/mol. The minimum atomic E-state index is -0.268. The number of nitrogens with zero attached hydrogens (tertiary/aromatic N) is 1. The molecular formula is C21H19FN2O. The molecule has 0 radical (unpaired) electrons. The lowest BCUT2D eigenvalue weighted by Crippen LogP contribution is -2.26. The first kappa shape index (κ1) is 16.7. The van der Waals surface area contributed by atoms with E-state index in [1.165, 1.54) is 12.1 Å². The summed E-state index contributed by atoms with van der Waals surface area (Å²) >= 11 is 0. The smallest absolute Gasteiger partial charge is 0.258 e. The number of nitrogens with two attached hydrogens (primary N) is 1. The van der Waals surface area contributed by atoms with E-state index in [0.717, 1.165) is 22.4 Å². The van der Waals surface area contributed by atoms with Crippen molar-refractivity contribution in [3.63, 3.8) is 0 Å². The molecule has 0 aliphatic rings. The SMILES string of the molecule is Cc1cc(N)ccc1N(C)C(=O)c1ccc(-c2ccc(F)cc2)cc1. The highest BCUT2D eigenvalue weighted by Gasteiger charge is 2.15. The summed E-state index contributed by atoms with van der Waals surface area (Å²) in [5.41, 5.74) is 10.6. The monoisotopic (exact) mass is 334 g/mol. The van der Waals surface area contributed by atoms with Gasteiger partial charge in [0.1, 0.15) is 5.82 Å². The van der Waals surface area contributed by atoms with Crippen molar-refractivity contribution in [3.05, 3.63) is 83.7 Å². The first-order valence-corrected chi connectivity index (χ1v) is 7.96. The Balaban J connectivity index is 1.83. The van der Waals surface area contributed by atoms with Crippen LogP contribution in [0.25, 0.3) is 11.1 Å². The van der Waals surface area contributed by atoms with Crippen LogP contribution in [-0.2, 0) is 0 Å². The van der Waals surface area contributed by atoms with Gasteiger partial charge in [-0.15, -0.1) is 0 Å². The van der Waals surface area contributed by atoms with Gasteiger partial charge in [0.05, 0.1) is 0 Å². The first-order valence-electron chi connectivity index (χ1n) is 7.96. The Hall–Kier alpha value is -3.14. The van der Waals surface area contributed by atoms with Crippen LogP contribution in [0, 0.1) is 12.7 Å². The lowest BCUT2D eigenvalue weighted by atomic mass is 10.0. The van der Waals surface area contributed by atoms with Gasteiger partial charge >= 0.3 is 0 Å². The second-order valence-electron chi connectivity index (χ2n) is 5.99. The standard InChI is InChI=1S/C21H19FN2O/c1-14-13-19(23)11-12-20(14)24(2)21(25)17-5-3-15(4-6-17)16-7-9-18(22)10-8-16/h3-13H,23H2,1-2H3. The highest BCUT2D eigenvalue weighted by atomic mass is 19.1. The lowest BCUT2D eigenvalue weighted by molar-refractivity contribution is 0.0993. The van der Waals surface area contributed by atoms with Crippen LogP contribution in [0.5, 0.6) is 0 Å². The number of hydrogen-bond donors (Lipinski definition) is 1. The zero-order chi connectivity index (χ0) is 18.0. The van der Waals surface area contributed by atoms with Crippen LogP contribution < -0.4 is 10.6 Å². The molecule has 3 aromatic rings. The number of amides is 1. The number of rotatable bonds is 3. The average molecular weight is 334 g/mol. The Morgan fingerprint density at radius 2 is 1.48 bits per heavy atom. The van der Waals surface area contributed by atoms with Crippen molar-refractivity contribution in [3.8, 4) is 11.1 Å². The normalized spacial score (nSPS) is 10.5. The number of halogens is 1. The molecule has 0 atom stereocenters. The van der Waals surface area contributed by atoms with Crippen molar-refractivity contribution in [1.82, 2.24) is 0 Å². The molecule has 4 heteroatoms. The second-order valence-corrected chi connectivity index (χ2v) is 5.99. The summed E-state index contributed by atoms with van der Waals surface area (Å²) in [6, 6.07) is 19.0. The van der Waals surface area contributed by atoms with E-state index in [2.05, 4.69) is 0 Å². The van der Waals surface area contributed by atoms with E-state index in [0.29, 0.717) is 11.3 Å². The van der Waals surface area contributed by atoms with Crippen LogP contribution in [0.4, 0.5) is 15.8 Å². The van der Waals surface area contributed by atoms with Crippen molar-refractivity contribution in [1.29, 1.82) is 0 Å². The first-order chi connectivity index (χ1) is 12.0. The van der Waals surface area contributed by atoms with Crippen molar-refractivity contribution in [2.75, 3.05) is 17.7 Å². The zero-order valence-electron chi connectivity index (χ0n) is 14.2. The Morgan fingerprint density at radius 3 is 2.04 bits per heavy atom. The van der Waals surface area contributed by atoms with Gasteiger partial charge in [-0.05, 0) is 66.1 Å². The van der Waals surface area contributed by atoms with Crippen molar-refractivity contribution >= 4 is 17.3 Å². The molecule has 0 aliphatic carbocycles. The summed E-state index contributed by atoms with van der Waals surface area (Å²) in [6.45, 7) is 1.92.